The Kier molecular flexibility index (Phi) is 3.81. The van der Waals surface area contributed by atoms with Gasteiger partial charge in [0.2, 0.25) is 0 Å². The maximum absolute atomic E-state index is 13.0. The number of urea groups is 1. The van der Waals surface area contributed by atoms with Gasteiger partial charge < -0.3 is 5.32 Å². The number of pyridine rings is 1. The number of hydrogen-bond donors (Lipinski definition) is 1. The second-order valence-corrected chi connectivity index (χ2v) is 5.20. The first-order valence-corrected chi connectivity index (χ1v) is 6.96. The summed E-state index contributed by atoms with van der Waals surface area (Å²) in [6.07, 6.45) is 5.52. The van der Waals surface area contributed by atoms with Crippen LogP contribution < -0.4 is 10.2 Å². The van der Waals surface area contributed by atoms with Crippen molar-refractivity contribution >= 4 is 17.4 Å². The van der Waals surface area contributed by atoms with Gasteiger partial charge in [-0.1, -0.05) is 0 Å². The highest BCUT2D eigenvalue weighted by Gasteiger charge is 2.27. The molecule has 0 saturated heterocycles. The standard InChI is InChI=1S/C16H16FN3O/c17-13-5-7-15(8-6-13)20(11-12-3-4-12)16(21)19-14-2-1-9-18-10-14/h1-2,5-10,12H,3-4,11H2,(H,19,21). The molecule has 2 aromatic rings. The minimum atomic E-state index is -0.308. The molecule has 0 bridgehead atoms. The van der Waals surface area contributed by atoms with Crippen molar-refractivity contribution in [2.75, 3.05) is 16.8 Å². The first-order chi connectivity index (χ1) is 10.2. The molecule has 21 heavy (non-hydrogen) atoms. The van der Waals surface area contributed by atoms with Crippen LogP contribution in [-0.4, -0.2) is 17.6 Å². The van der Waals surface area contributed by atoms with Crippen molar-refractivity contribution in [2.24, 2.45) is 5.92 Å². The number of carbonyl (C=O) groups is 1. The SMILES string of the molecule is O=C(Nc1cccnc1)N(CC1CC1)c1ccc(F)cc1. The van der Waals surface area contributed by atoms with Crippen LogP contribution >= 0.6 is 0 Å². The fourth-order valence-electron chi connectivity index (χ4n) is 2.11. The summed E-state index contributed by atoms with van der Waals surface area (Å²) in [6, 6.07) is 9.31. The Balaban J connectivity index is 1.77. The molecule has 1 aliphatic carbocycles. The van der Waals surface area contributed by atoms with E-state index in [1.54, 1.807) is 41.6 Å². The van der Waals surface area contributed by atoms with Gasteiger partial charge in [-0.3, -0.25) is 9.88 Å². The van der Waals surface area contributed by atoms with Crippen molar-refractivity contribution in [1.82, 2.24) is 4.98 Å². The molecule has 0 unspecified atom stereocenters. The number of nitrogens with zero attached hydrogens (tertiary/aromatic N) is 2. The van der Waals surface area contributed by atoms with Gasteiger partial charge in [0, 0.05) is 18.4 Å². The van der Waals surface area contributed by atoms with Gasteiger partial charge >= 0.3 is 6.03 Å². The normalized spacial score (nSPS) is 13.8. The Morgan fingerprint density at radius 2 is 2.05 bits per heavy atom. The number of aromatic nitrogens is 1. The van der Waals surface area contributed by atoms with E-state index >= 15 is 0 Å². The van der Waals surface area contributed by atoms with Crippen LogP contribution in [0.1, 0.15) is 12.8 Å². The predicted octanol–water partition coefficient (Wildman–Crippen LogP) is 3.67. The van der Waals surface area contributed by atoms with Crippen LogP contribution in [0.2, 0.25) is 0 Å². The molecule has 0 aliphatic heterocycles. The van der Waals surface area contributed by atoms with Crippen LogP contribution in [0.4, 0.5) is 20.6 Å². The molecule has 0 spiro atoms. The topological polar surface area (TPSA) is 45.2 Å². The molecule has 1 fully saturated rings. The first-order valence-electron chi connectivity index (χ1n) is 6.96. The molecule has 0 radical (unpaired) electrons. The third-order valence-corrected chi connectivity index (χ3v) is 3.43. The Morgan fingerprint density at radius 1 is 1.29 bits per heavy atom. The zero-order chi connectivity index (χ0) is 14.7. The molecule has 1 aromatic heterocycles. The summed E-state index contributed by atoms with van der Waals surface area (Å²) in [4.78, 5) is 18.1. The number of amides is 2. The van der Waals surface area contributed by atoms with E-state index in [0.29, 0.717) is 23.8 Å². The molecular weight excluding hydrogens is 269 g/mol. The summed E-state index contributed by atoms with van der Waals surface area (Å²) in [7, 11) is 0. The average Bonchev–Trinajstić information content (AvgIpc) is 3.31. The maximum atomic E-state index is 13.0. The molecule has 108 valence electrons. The van der Waals surface area contributed by atoms with Crippen molar-refractivity contribution in [3.05, 3.63) is 54.6 Å². The number of benzene rings is 1. The van der Waals surface area contributed by atoms with Crippen molar-refractivity contribution in [2.45, 2.75) is 12.8 Å². The summed E-state index contributed by atoms with van der Waals surface area (Å²) < 4.78 is 13.0. The largest absolute Gasteiger partial charge is 0.326 e. The van der Waals surface area contributed by atoms with Gasteiger partial charge in [0.15, 0.2) is 0 Å². The van der Waals surface area contributed by atoms with Crippen molar-refractivity contribution < 1.29 is 9.18 Å². The number of nitrogens with one attached hydrogen (secondary N) is 1. The van der Waals surface area contributed by atoms with Gasteiger partial charge in [-0.25, -0.2) is 9.18 Å². The quantitative estimate of drug-likeness (QED) is 0.931. The van der Waals surface area contributed by atoms with Crippen LogP contribution in [-0.2, 0) is 0 Å². The number of anilines is 2. The van der Waals surface area contributed by atoms with Gasteiger partial charge in [0.25, 0.3) is 0 Å². The second kappa shape index (κ2) is 5.91. The summed E-state index contributed by atoms with van der Waals surface area (Å²) in [5, 5.41) is 2.82. The van der Waals surface area contributed by atoms with Gasteiger partial charge in [-0.2, -0.15) is 0 Å². The number of rotatable bonds is 4. The summed E-state index contributed by atoms with van der Waals surface area (Å²) in [5.74, 6) is 0.229. The minimum Gasteiger partial charge on any atom is -0.306 e. The highest BCUT2D eigenvalue weighted by atomic mass is 19.1. The van der Waals surface area contributed by atoms with Gasteiger partial charge in [-0.15, -0.1) is 0 Å². The zero-order valence-corrected chi connectivity index (χ0v) is 11.5. The molecule has 1 saturated carbocycles. The highest BCUT2D eigenvalue weighted by molar-refractivity contribution is 6.01. The lowest BCUT2D eigenvalue weighted by Gasteiger charge is -2.23. The molecular formula is C16H16FN3O. The molecule has 2 amide bonds. The molecule has 1 heterocycles. The Morgan fingerprint density at radius 3 is 2.67 bits per heavy atom. The van der Waals surface area contributed by atoms with E-state index in [9.17, 15) is 9.18 Å². The number of halogens is 1. The van der Waals surface area contributed by atoms with Crippen molar-refractivity contribution in [3.63, 3.8) is 0 Å². The fourth-order valence-corrected chi connectivity index (χ4v) is 2.11. The van der Waals surface area contributed by atoms with E-state index in [2.05, 4.69) is 10.3 Å². The lowest BCUT2D eigenvalue weighted by Crippen LogP contribution is -2.36. The van der Waals surface area contributed by atoms with Crippen LogP contribution in [0.3, 0.4) is 0 Å². The maximum Gasteiger partial charge on any atom is 0.326 e. The van der Waals surface area contributed by atoms with E-state index < -0.39 is 0 Å². The molecule has 1 aliphatic rings. The monoisotopic (exact) mass is 285 g/mol. The lowest BCUT2D eigenvalue weighted by molar-refractivity contribution is 0.256. The summed E-state index contributed by atoms with van der Waals surface area (Å²) in [5.41, 5.74) is 1.34. The van der Waals surface area contributed by atoms with Gasteiger partial charge in [0.05, 0.1) is 11.9 Å². The number of hydrogen-bond acceptors (Lipinski definition) is 2. The van der Waals surface area contributed by atoms with Crippen LogP contribution in [0, 0.1) is 11.7 Å². The smallest absolute Gasteiger partial charge is 0.306 e. The van der Waals surface area contributed by atoms with E-state index in [4.69, 9.17) is 0 Å². The summed E-state index contributed by atoms with van der Waals surface area (Å²) >= 11 is 0. The molecule has 1 N–H and O–H groups in total. The lowest BCUT2D eigenvalue weighted by atomic mass is 10.2. The van der Waals surface area contributed by atoms with Crippen LogP contribution in [0.5, 0.6) is 0 Å². The predicted molar refractivity (Wildman–Crippen MR) is 79.7 cm³/mol. The third-order valence-electron chi connectivity index (χ3n) is 3.43. The molecule has 0 atom stereocenters. The molecule has 1 aromatic carbocycles. The van der Waals surface area contributed by atoms with Crippen LogP contribution in [0.25, 0.3) is 0 Å². The second-order valence-electron chi connectivity index (χ2n) is 5.20. The van der Waals surface area contributed by atoms with E-state index in [-0.39, 0.29) is 11.8 Å². The fraction of sp³-hybridized carbons (Fsp3) is 0.250. The number of carbonyl (C=O) groups excluding carboxylic acids is 1. The average molecular weight is 285 g/mol. The Bertz CT molecular complexity index is 611. The Hall–Kier alpha value is -2.43. The minimum absolute atomic E-state index is 0.221. The van der Waals surface area contributed by atoms with Crippen molar-refractivity contribution in [1.29, 1.82) is 0 Å². The zero-order valence-electron chi connectivity index (χ0n) is 11.5. The molecule has 4 nitrogen and oxygen atoms in total. The van der Waals surface area contributed by atoms with E-state index in [0.717, 1.165) is 12.8 Å². The molecule has 3 rings (SSSR count). The molecule has 5 heteroatoms. The van der Waals surface area contributed by atoms with Crippen LogP contribution in [0.15, 0.2) is 48.8 Å². The Labute approximate surface area is 122 Å². The van der Waals surface area contributed by atoms with Gasteiger partial charge in [0.1, 0.15) is 5.82 Å². The third kappa shape index (κ3) is 3.56. The summed E-state index contributed by atoms with van der Waals surface area (Å²) in [6.45, 7) is 0.651. The van der Waals surface area contributed by atoms with E-state index in [1.807, 2.05) is 0 Å². The highest BCUT2D eigenvalue weighted by Crippen LogP contribution is 2.31. The van der Waals surface area contributed by atoms with Crippen molar-refractivity contribution in [3.8, 4) is 0 Å². The van der Waals surface area contributed by atoms with E-state index in [1.165, 1.54) is 12.1 Å². The first kappa shape index (κ1) is 13.5. The van der Waals surface area contributed by atoms with Gasteiger partial charge in [-0.05, 0) is 55.2 Å².